The minimum Gasteiger partial charge on any atom is -0.373 e. The summed E-state index contributed by atoms with van der Waals surface area (Å²) < 4.78 is 0. The average molecular weight is 347 g/mol. The molecule has 0 bridgehead atoms. The molecule has 128 valence electrons. The Hall–Kier alpha value is -2.14. The minimum atomic E-state index is 0.0678. The summed E-state index contributed by atoms with van der Waals surface area (Å²) in [6, 6.07) is 7.17. The van der Waals surface area contributed by atoms with E-state index in [1.54, 1.807) is 19.2 Å². The summed E-state index contributed by atoms with van der Waals surface area (Å²) in [5.74, 6) is 1.28. The molecule has 0 aliphatic rings. The second-order valence-electron chi connectivity index (χ2n) is 5.67. The Morgan fingerprint density at radius 1 is 1.21 bits per heavy atom. The van der Waals surface area contributed by atoms with Crippen LogP contribution in [0.2, 0.25) is 5.02 Å². The first-order valence-electron chi connectivity index (χ1n) is 8.16. The molecule has 1 heterocycles. The molecule has 0 spiro atoms. The SMILES string of the molecule is CCCCCC(=O)c1cc(Nc2nc(C)cc(NC)n2)ccc1Cl. The molecule has 2 rings (SSSR count). The fourth-order valence-electron chi connectivity index (χ4n) is 2.37. The molecule has 0 amide bonds. The van der Waals surface area contributed by atoms with Crippen molar-refractivity contribution >= 4 is 34.8 Å². The smallest absolute Gasteiger partial charge is 0.229 e. The lowest BCUT2D eigenvalue weighted by atomic mass is 10.0. The number of Topliss-reactive ketones (excluding diaryl/α,β-unsaturated/α-hetero) is 1. The standard InChI is InChI=1S/C18H23ClN4O/c1-4-5-6-7-16(24)14-11-13(8-9-15(14)19)22-18-21-12(2)10-17(20-3)23-18/h8-11H,4-7H2,1-3H3,(H2,20,21,22,23). The van der Waals surface area contributed by atoms with E-state index in [1.807, 2.05) is 19.1 Å². The molecule has 2 aromatic rings. The average Bonchev–Trinajstić information content (AvgIpc) is 2.56. The van der Waals surface area contributed by atoms with E-state index < -0.39 is 0 Å². The molecule has 0 radical (unpaired) electrons. The van der Waals surface area contributed by atoms with Gasteiger partial charge in [0.15, 0.2) is 5.78 Å². The van der Waals surface area contributed by atoms with Gasteiger partial charge in [0.05, 0.1) is 5.02 Å². The van der Waals surface area contributed by atoms with Crippen LogP contribution in [0.15, 0.2) is 24.3 Å². The number of nitrogens with one attached hydrogen (secondary N) is 2. The lowest BCUT2D eigenvalue weighted by molar-refractivity contribution is 0.0979. The van der Waals surface area contributed by atoms with Gasteiger partial charge in [-0.05, 0) is 31.5 Å². The Morgan fingerprint density at radius 3 is 2.71 bits per heavy atom. The maximum atomic E-state index is 12.3. The first-order valence-corrected chi connectivity index (χ1v) is 8.54. The number of halogens is 1. The summed E-state index contributed by atoms with van der Waals surface area (Å²) in [6.07, 6.45) is 3.53. The topological polar surface area (TPSA) is 66.9 Å². The van der Waals surface area contributed by atoms with Gasteiger partial charge in [-0.15, -0.1) is 0 Å². The minimum absolute atomic E-state index is 0.0678. The zero-order chi connectivity index (χ0) is 17.5. The van der Waals surface area contributed by atoms with E-state index in [0.29, 0.717) is 23.0 Å². The predicted molar refractivity (Wildman–Crippen MR) is 99.5 cm³/mol. The van der Waals surface area contributed by atoms with Gasteiger partial charge in [-0.2, -0.15) is 4.98 Å². The normalized spacial score (nSPS) is 10.5. The van der Waals surface area contributed by atoms with Gasteiger partial charge in [0, 0.05) is 36.5 Å². The van der Waals surface area contributed by atoms with Crippen LogP contribution in [-0.2, 0) is 0 Å². The van der Waals surface area contributed by atoms with Crippen LogP contribution >= 0.6 is 11.6 Å². The van der Waals surface area contributed by atoms with Crippen molar-refractivity contribution in [2.45, 2.75) is 39.5 Å². The maximum Gasteiger partial charge on any atom is 0.229 e. The molecule has 0 atom stereocenters. The Kier molecular flexibility index (Phi) is 6.55. The molecule has 0 saturated heterocycles. The number of unbranched alkanes of at least 4 members (excludes halogenated alkanes) is 2. The summed E-state index contributed by atoms with van der Waals surface area (Å²) in [6.45, 7) is 4.02. The number of aryl methyl sites for hydroxylation is 1. The zero-order valence-corrected chi connectivity index (χ0v) is 15.1. The molecule has 0 saturated carbocycles. The second kappa shape index (κ2) is 8.64. The van der Waals surface area contributed by atoms with Crippen molar-refractivity contribution < 1.29 is 4.79 Å². The first kappa shape index (κ1) is 18.2. The first-order chi connectivity index (χ1) is 11.5. The van der Waals surface area contributed by atoms with E-state index in [-0.39, 0.29) is 5.78 Å². The van der Waals surface area contributed by atoms with Crippen LogP contribution in [0.4, 0.5) is 17.5 Å². The number of carbonyl (C=O) groups is 1. The Bertz CT molecular complexity index is 718. The summed E-state index contributed by atoms with van der Waals surface area (Å²) in [5, 5.41) is 6.61. The Balaban J connectivity index is 2.18. The number of ketones is 1. The summed E-state index contributed by atoms with van der Waals surface area (Å²) in [4.78, 5) is 21.1. The molecule has 0 unspecified atom stereocenters. The van der Waals surface area contributed by atoms with Crippen LogP contribution in [0.1, 0.15) is 48.7 Å². The number of hydrogen-bond donors (Lipinski definition) is 2. The number of anilines is 3. The molecule has 24 heavy (non-hydrogen) atoms. The molecule has 6 heteroatoms. The summed E-state index contributed by atoms with van der Waals surface area (Å²) in [7, 11) is 1.81. The van der Waals surface area contributed by atoms with Gasteiger partial charge in [-0.3, -0.25) is 4.79 Å². The third-order valence-electron chi connectivity index (χ3n) is 3.64. The van der Waals surface area contributed by atoms with Gasteiger partial charge in [0.25, 0.3) is 0 Å². The fourth-order valence-corrected chi connectivity index (χ4v) is 2.59. The predicted octanol–water partition coefficient (Wildman–Crippen LogP) is 4.99. The lowest BCUT2D eigenvalue weighted by Gasteiger charge is -2.10. The number of rotatable bonds is 8. The van der Waals surface area contributed by atoms with E-state index in [0.717, 1.165) is 36.5 Å². The molecule has 0 aliphatic carbocycles. The van der Waals surface area contributed by atoms with E-state index in [9.17, 15) is 4.79 Å². The van der Waals surface area contributed by atoms with Crippen molar-refractivity contribution in [1.82, 2.24) is 9.97 Å². The van der Waals surface area contributed by atoms with Crippen molar-refractivity contribution in [1.29, 1.82) is 0 Å². The van der Waals surface area contributed by atoms with Crippen molar-refractivity contribution in [3.05, 3.63) is 40.5 Å². The van der Waals surface area contributed by atoms with Crippen LogP contribution in [0.25, 0.3) is 0 Å². The van der Waals surface area contributed by atoms with E-state index in [4.69, 9.17) is 11.6 Å². The number of benzene rings is 1. The molecule has 1 aromatic heterocycles. The zero-order valence-electron chi connectivity index (χ0n) is 14.3. The molecule has 0 aliphatic heterocycles. The van der Waals surface area contributed by atoms with Crippen molar-refractivity contribution in [3.8, 4) is 0 Å². The fraction of sp³-hybridized carbons (Fsp3) is 0.389. The van der Waals surface area contributed by atoms with Crippen molar-refractivity contribution in [2.24, 2.45) is 0 Å². The highest BCUT2D eigenvalue weighted by Crippen LogP contribution is 2.24. The highest BCUT2D eigenvalue weighted by atomic mass is 35.5. The molecule has 0 fully saturated rings. The van der Waals surface area contributed by atoms with Gasteiger partial charge >= 0.3 is 0 Å². The molecule has 5 nitrogen and oxygen atoms in total. The quantitative estimate of drug-likeness (QED) is 0.520. The number of nitrogens with zero attached hydrogens (tertiary/aromatic N) is 2. The number of aromatic nitrogens is 2. The summed E-state index contributed by atoms with van der Waals surface area (Å²) in [5.41, 5.74) is 2.13. The van der Waals surface area contributed by atoms with Crippen LogP contribution in [0.3, 0.4) is 0 Å². The van der Waals surface area contributed by atoms with Gasteiger partial charge in [-0.25, -0.2) is 4.98 Å². The van der Waals surface area contributed by atoms with Crippen LogP contribution in [0, 0.1) is 6.92 Å². The molecular weight excluding hydrogens is 324 g/mol. The lowest BCUT2D eigenvalue weighted by Crippen LogP contribution is -2.04. The van der Waals surface area contributed by atoms with E-state index >= 15 is 0 Å². The Labute approximate surface area is 147 Å². The van der Waals surface area contributed by atoms with Gasteiger partial charge in [0.2, 0.25) is 5.95 Å². The monoisotopic (exact) mass is 346 g/mol. The second-order valence-corrected chi connectivity index (χ2v) is 6.08. The van der Waals surface area contributed by atoms with Gasteiger partial charge in [-0.1, -0.05) is 31.4 Å². The largest absolute Gasteiger partial charge is 0.373 e. The van der Waals surface area contributed by atoms with Crippen LogP contribution in [-0.4, -0.2) is 22.8 Å². The van der Waals surface area contributed by atoms with Crippen LogP contribution < -0.4 is 10.6 Å². The van der Waals surface area contributed by atoms with Gasteiger partial charge < -0.3 is 10.6 Å². The Morgan fingerprint density at radius 2 is 2.00 bits per heavy atom. The highest BCUT2D eigenvalue weighted by Gasteiger charge is 2.12. The van der Waals surface area contributed by atoms with Crippen molar-refractivity contribution in [2.75, 3.05) is 17.7 Å². The van der Waals surface area contributed by atoms with Crippen LogP contribution in [0.5, 0.6) is 0 Å². The molecule has 2 N–H and O–H groups in total. The number of carbonyl (C=O) groups excluding carboxylic acids is 1. The number of hydrogen-bond acceptors (Lipinski definition) is 5. The van der Waals surface area contributed by atoms with E-state index in [1.165, 1.54) is 0 Å². The highest BCUT2D eigenvalue weighted by molar-refractivity contribution is 6.34. The molecule has 1 aromatic carbocycles. The van der Waals surface area contributed by atoms with Crippen molar-refractivity contribution in [3.63, 3.8) is 0 Å². The molecular formula is C18H23ClN4O. The summed E-state index contributed by atoms with van der Waals surface area (Å²) >= 11 is 6.19. The maximum absolute atomic E-state index is 12.3. The third kappa shape index (κ3) is 4.93. The third-order valence-corrected chi connectivity index (χ3v) is 3.97. The van der Waals surface area contributed by atoms with Gasteiger partial charge in [0.1, 0.15) is 5.82 Å². The van der Waals surface area contributed by atoms with E-state index in [2.05, 4.69) is 27.5 Å².